The van der Waals surface area contributed by atoms with Gasteiger partial charge in [0.05, 0.1) is 0 Å². The first-order chi connectivity index (χ1) is 10.2. The Morgan fingerprint density at radius 1 is 1.33 bits per heavy atom. The van der Waals surface area contributed by atoms with Gasteiger partial charge < -0.3 is 14.8 Å². The van der Waals surface area contributed by atoms with E-state index in [4.69, 9.17) is 14.7 Å². The fourth-order valence-corrected chi connectivity index (χ4v) is 2.47. The highest BCUT2D eigenvalue weighted by atomic mass is 16.5. The fourth-order valence-electron chi connectivity index (χ4n) is 2.47. The molecule has 1 N–H and O–H groups in total. The number of hydrogen-bond acceptors (Lipinski definition) is 4. The molecule has 1 saturated carbocycles. The largest absolute Gasteiger partial charge is 0.479 e. The summed E-state index contributed by atoms with van der Waals surface area (Å²) in [5.74, 6) is 0.742. The van der Waals surface area contributed by atoms with Crippen LogP contribution in [0, 0.1) is 16.7 Å². The molecule has 2 rings (SSSR count). The van der Waals surface area contributed by atoms with Crippen LogP contribution in [0.1, 0.15) is 37.8 Å². The SMILES string of the molecule is COCCC1(CNC(C)c2ccc(OCC#N)cc2)CC1. The Morgan fingerprint density at radius 3 is 2.62 bits per heavy atom. The number of nitrogens with one attached hydrogen (secondary N) is 1. The number of methoxy groups -OCH3 is 1. The molecule has 1 aliphatic rings. The van der Waals surface area contributed by atoms with E-state index in [2.05, 4.69) is 24.4 Å². The third-order valence-electron chi connectivity index (χ3n) is 4.26. The van der Waals surface area contributed by atoms with Gasteiger partial charge >= 0.3 is 0 Å². The third-order valence-corrected chi connectivity index (χ3v) is 4.26. The molecule has 1 aromatic rings. The molecular weight excluding hydrogens is 264 g/mol. The third kappa shape index (κ3) is 4.73. The lowest BCUT2D eigenvalue weighted by Gasteiger charge is -2.20. The molecule has 0 aliphatic heterocycles. The molecule has 0 radical (unpaired) electrons. The normalized spacial score (nSPS) is 17.0. The monoisotopic (exact) mass is 288 g/mol. The number of benzene rings is 1. The minimum absolute atomic E-state index is 0.0924. The van der Waals surface area contributed by atoms with Crippen LogP contribution in [-0.4, -0.2) is 26.9 Å². The summed E-state index contributed by atoms with van der Waals surface area (Å²) in [5.41, 5.74) is 1.70. The summed E-state index contributed by atoms with van der Waals surface area (Å²) in [6, 6.07) is 10.2. The maximum Gasteiger partial charge on any atom is 0.174 e. The Labute approximate surface area is 127 Å². The van der Waals surface area contributed by atoms with Crippen molar-refractivity contribution in [3.05, 3.63) is 29.8 Å². The summed E-state index contributed by atoms with van der Waals surface area (Å²) < 4.78 is 10.5. The summed E-state index contributed by atoms with van der Waals surface area (Å²) in [7, 11) is 1.77. The second-order valence-electron chi connectivity index (χ2n) is 5.86. The van der Waals surface area contributed by atoms with Gasteiger partial charge in [0.1, 0.15) is 11.8 Å². The van der Waals surface area contributed by atoms with Gasteiger partial charge in [-0.05, 0) is 49.3 Å². The van der Waals surface area contributed by atoms with Crippen LogP contribution < -0.4 is 10.1 Å². The van der Waals surface area contributed by atoms with E-state index in [-0.39, 0.29) is 6.61 Å². The lowest BCUT2D eigenvalue weighted by atomic mass is 10.0. The van der Waals surface area contributed by atoms with Crippen LogP contribution in [0.3, 0.4) is 0 Å². The average Bonchev–Trinajstić information content (AvgIpc) is 3.29. The topological polar surface area (TPSA) is 54.3 Å². The average molecular weight is 288 g/mol. The summed E-state index contributed by atoms with van der Waals surface area (Å²) in [5, 5.41) is 12.1. The van der Waals surface area contributed by atoms with E-state index in [1.807, 2.05) is 18.2 Å². The standard InChI is InChI=1S/C17H24N2O2/c1-14(19-13-17(7-8-17)9-11-20-2)15-3-5-16(6-4-15)21-12-10-18/h3-6,14,19H,7-9,11-13H2,1-2H3. The van der Waals surface area contributed by atoms with E-state index >= 15 is 0 Å². The van der Waals surface area contributed by atoms with Crippen molar-refractivity contribution in [2.75, 3.05) is 26.9 Å². The molecule has 4 heteroatoms. The summed E-state index contributed by atoms with van der Waals surface area (Å²) in [6.07, 6.45) is 3.75. The molecule has 1 atom stereocenters. The number of ether oxygens (including phenoxy) is 2. The predicted octanol–water partition coefficient (Wildman–Crippen LogP) is 3.06. The van der Waals surface area contributed by atoms with Crippen molar-refractivity contribution >= 4 is 0 Å². The highest BCUT2D eigenvalue weighted by Crippen LogP contribution is 2.48. The van der Waals surface area contributed by atoms with Gasteiger partial charge in [-0.15, -0.1) is 0 Å². The van der Waals surface area contributed by atoms with Gasteiger partial charge in [0.15, 0.2) is 6.61 Å². The summed E-state index contributed by atoms with van der Waals surface area (Å²) >= 11 is 0. The van der Waals surface area contributed by atoms with E-state index in [9.17, 15) is 0 Å². The zero-order valence-corrected chi connectivity index (χ0v) is 12.9. The zero-order valence-electron chi connectivity index (χ0n) is 12.9. The second-order valence-corrected chi connectivity index (χ2v) is 5.86. The highest BCUT2D eigenvalue weighted by molar-refractivity contribution is 5.29. The van der Waals surface area contributed by atoms with Crippen molar-refractivity contribution in [3.8, 4) is 11.8 Å². The van der Waals surface area contributed by atoms with Crippen LogP contribution in [0.25, 0.3) is 0 Å². The van der Waals surface area contributed by atoms with Crippen LogP contribution in [0.4, 0.5) is 0 Å². The molecule has 1 aromatic carbocycles. The molecule has 0 saturated heterocycles. The van der Waals surface area contributed by atoms with Gasteiger partial charge in [0.25, 0.3) is 0 Å². The van der Waals surface area contributed by atoms with E-state index in [0.29, 0.717) is 11.5 Å². The molecule has 4 nitrogen and oxygen atoms in total. The molecular formula is C17H24N2O2. The molecule has 0 heterocycles. The quantitative estimate of drug-likeness (QED) is 0.759. The van der Waals surface area contributed by atoms with Crippen molar-refractivity contribution in [1.29, 1.82) is 5.26 Å². The molecule has 0 bridgehead atoms. The van der Waals surface area contributed by atoms with Crippen molar-refractivity contribution in [2.45, 2.75) is 32.2 Å². The maximum absolute atomic E-state index is 8.49. The van der Waals surface area contributed by atoms with Gasteiger partial charge in [-0.1, -0.05) is 12.1 Å². The first-order valence-corrected chi connectivity index (χ1v) is 7.51. The Kier molecular flexibility index (Phi) is 5.60. The Balaban J connectivity index is 1.80. The zero-order chi connectivity index (χ0) is 15.1. The number of nitriles is 1. The van der Waals surface area contributed by atoms with Crippen molar-refractivity contribution in [3.63, 3.8) is 0 Å². The summed E-state index contributed by atoms with van der Waals surface area (Å²) in [6.45, 7) is 4.16. The van der Waals surface area contributed by atoms with Gasteiger partial charge in [0, 0.05) is 26.3 Å². The summed E-state index contributed by atoms with van der Waals surface area (Å²) in [4.78, 5) is 0. The number of nitrogens with zero attached hydrogens (tertiary/aromatic N) is 1. The predicted molar refractivity (Wildman–Crippen MR) is 82.1 cm³/mol. The molecule has 1 unspecified atom stereocenters. The molecule has 114 valence electrons. The maximum atomic E-state index is 8.49. The van der Waals surface area contributed by atoms with E-state index < -0.39 is 0 Å². The molecule has 0 aromatic heterocycles. The highest BCUT2D eigenvalue weighted by Gasteiger charge is 2.41. The minimum Gasteiger partial charge on any atom is -0.479 e. The van der Waals surface area contributed by atoms with Crippen LogP contribution >= 0.6 is 0 Å². The van der Waals surface area contributed by atoms with E-state index in [1.54, 1.807) is 7.11 Å². The number of rotatable bonds is 9. The Hall–Kier alpha value is -1.57. The first-order valence-electron chi connectivity index (χ1n) is 7.51. The van der Waals surface area contributed by atoms with Crippen LogP contribution in [0.2, 0.25) is 0 Å². The van der Waals surface area contributed by atoms with Gasteiger partial charge in [0.2, 0.25) is 0 Å². The van der Waals surface area contributed by atoms with Gasteiger partial charge in [-0.2, -0.15) is 5.26 Å². The van der Waals surface area contributed by atoms with Crippen molar-refractivity contribution in [2.24, 2.45) is 5.41 Å². The lowest BCUT2D eigenvalue weighted by molar-refractivity contribution is 0.170. The molecule has 1 aliphatic carbocycles. The smallest absolute Gasteiger partial charge is 0.174 e. The lowest BCUT2D eigenvalue weighted by Crippen LogP contribution is -2.27. The van der Waals surface area contributed by atoms with E-state index in [0.717, 1.165) is 25.3 Å². The molecule has 1 fully saturated rings. The minimum atomic E-state index is 0.0924. The molecule has 21 heavy (non-hydrogen) atoms. The number of hydrogen-bond donors (Lipinski definition) is 1. The fraction of sp³-hybridized carbons (Fsp3) is 0.588. The van der Waals surface area contributed by atoms with E-state index in [1.165, 1.54) is 18.4 Å². The van der Waals surface area contributed by atoms with Crippen molar-refractivity contribution < 1.29 is 9.47 Å². The molecule has 0 amide bonds. The van der Waals surface area contributed by atoms with Crippen LogP contribution in [0.5, 0.6) is 5.75 Å². The first kappa shape index (κ1) is 15.8. The molecule has 0 spiro atoms. The van der Waals surface area contributed by atoms with Crippen LogP contribution in [-0.2, 0) is 4.74 Å². The second kappa shape index (κ2) is 7.44. The van der Waals surface area contributed by atoms with Crippen molar-refractivity contribution in [1.82, 2.24) is 5.32 Å². The van der Waals surface area contributed by atoms with Gasteiger partial charge in [-0.25, -0.2) is 0 Å². The Bertz CT molecular complexity index is 475. The van der Waals surface area contributed by atoms with Gasteiger partial charge in [-0.3, -0.25) is 0 Å². The van der Waals surface area contributed by atoms with Crippen LogP contribution in [0.15, 0.2) is 24.3 Å². The Morgan fingerprint density at radius 2 is 2.05 bits per heavy atom.